The molecule has 0 spiro atoms. The maximum atomic E-state index is 13.0. The zero-order valence-corrected chi connectivity index (χ0v) is 16.8. The predicted molar refractivity (Wildman–Crippen MR) is 109 cm³/mol. The molecule has 1 fully saturated rings. The van der Waals surface area contributed by atoms with E-state index in [-0.39, 0.29) is 0 Å². The highest BCUT2D eigenvalue weighted by Gasteiger charge is 2.27. The van der Waals surface area contributed by atoms with Crippen molar-refractivity contribution in [1.29, 1.82) is 0 Å². The second-order valence-corrected chi connectivity index (χ2v) is 9.46. The maximum absolute atomic E-state index is 13.0. The van der Waals surface area contributed by atoms with Gasteiger partial charge in [-0.25, -0.2) is 18.4 Å². The lowest BCUT2D eigenvalue weighted by Crippen LogP contribution is -2.35. The normalized spacial score (nSPS) is 16.6. The third-order valence-electron chi connectivity index (χ3n) is 4.85. The number of anilines is 1. The summed E-state index contributed by atoms with van der Waals surface area (Å²) in [5, 5.41) is 0.912. The van der Waals surface area contributed by atoms with Crippen LogP contribution in [0.4, 0.5) is 5.13 Å². The zero-order chi connectivity index (χ0) is 18.9. The highest BCUT2D eigenvalue weighted by molar-refractivity contribution is 7.89. The molecule has 0 atom stereocenters. The van der Waals surface area contributed by atoms with Gasteiger partial charge in [0, 0.05) is 32.4 Å². The first-order valence-electron chi connectivity index (χ1n) is 9.13. The number of hydrogen-bond acceptors (Lipinski definition) is 6. The second kappa shape index (κ2) is 7.53. The molecule has 0 aliphatic carbocycles. The number of aromatic nitrogens is 2. The number of benzene rings is 1. The summed E-state index contributed by atoms with van der Waals surface area (Å²) in [6.07, 6.45) is 3.44. The largest absolute Gasteiger partial charge is 0.347 e. The van der Waals surface area contributed by atoms with Crippen LogP contribution < -0.4 is 4.90 Å². The fraction of sp³-hybridized carbons (Fsp3) is 0.368. The van der Waals surface area contributed by atoms with Crippen molar-refractivity contribution in [3.8, 4) is 0 Å². The molecule has 6 nitrogen and oxygen atoms in total. The number of aryl methyl sites for hydroxylation is 1. The lowest BCUT2D eigenvalue weighted by Gasteiger charge is -2.21. The van der Waals surface area contributed by atoms with Gasteiger partial charge in [-0.3, -0.25) is 0 Å². The van der Waals surface area contributed by atoms with E-state index in [1.54, 1.807) is 34.0 Å². The van der Waals surface area contributed by atoms with Crippen LogP contribution in [0.25, 0.3) is 10.3 Å². The van der Waals surface area contributed by atoms with Crippen molar-refractivity contribution in [2.75, 3.05) is 31.1 Å². The third kappa shape index (κ3) is 3.69. The van der Waals surface area contributed by atoms with Crippen LogP contribution >= 0.6 is 11.3 Å². The summed E-state index contributed by atoms with van der Waals surface area (Å²) in [5.74, 6) is 0. The van der Waals surface area contributed by atoms with Gasteiger partial charge in [0.05, 0.1) is 4.90 Å². The molecule has 142 valence electrons. The highest BCUT2D eigenvalue weighted by atomic mass is 32.2. The first-order chi connectivity index (χ1) is 13.1. The molecule has 1 aliphatic heterocycles. The Bertz CT molecular complexity index is 998. The van der Waals surface area contributed by atoms with Gasteiger partial charge in [-0.05, 0) is 42.7 Å². The Morgan fingerprint density at radius 2 is 1.89 bits per heavy atom. The minimum atomic E-state index is -3.46. The van der Waals surface area contributed by atoms with E-state index in [2.05, 4.69) is 21.8 Å². The van der Waals surface area contributed by atoms with Crippen molar-refractivity contribution < 1.29 is 8.42 Å². The Hall–Kier alpha value is -2.03. The summed E-state index contributed by atoms with van der Waals surface area (Å²) in [7, 11) is -3.46. The van der Waals surface area contributed by atoms with Gasteiger partial charge in [0.2, 0.25) is 10.0 Å². The van der Waals surface area contributed by atoms with E-state index in [1.165, 1.54) is 0 Å². The van der Waals surface area contributed by atoms with E-state index in [1.807, 2.05) is 24.3 Å². The van der Waals surface area contributed by atoms with E-state index in [4.69, 9.17) is 0 Å². The van der Waals surface area contributed by atoms with Crippen LogP contribution in [0.1, 0.15) is 18.9 Å². The number of hydrogen-bond donors (Lipinski definition) is 0. The van der Waals surface area contributed by atoms with Gasteiger partial charge in [-0.2, -0.15) is 4.31 Å². The number of nitrogens with zero attached hydrogens (tertiary/aromatic N) is 4. The average Bonchev–Trinajstić information content (AvgIpc) is 2.96. The monoisotopic (exact) mass is 402 g/mol. The van der Waals surface area contributed by atoms with Crippen LogP contribution in [-0.2, 0) is 16.4 Å². The summed E-state index contributed by atoms with van der Waals surface area (Å²) in [6.45, 7) is 4.47. The predicted octanol–water partition coefficient (Wildman–Crippen LogP) is 3.15. The lowest BCUT2D eigenvalue weighted by atomic mass is 10.2. The smallest absolute Gasteiger partial charge is 0.243 e. The molecule has 2 aromatic heterocycles. The summed E-state index contributed by atoms with van der Waals surface area (Å²) in [4.78, 5) is 12.5. The Morgan fingerprint density at radius 1 is 1.07 bits per heavy atom. The number of pyridine rings is 1. The van der Waals surface area contributed by atoms with Crippen molar-refractivity contribution in [1.82, 2.24) is 14.3 Å². The van der Waals surface area contributed by atoms with E-state index in [9.17, 15) is 8.42 Å². The maximum Gasteiger partial charge on any atom is 0.243 e. The molecule has 1 aromatic carbocycles. The number of fused-ring (bicyclic) bond motifs is 1. The average molecular weight is 403 g/mol. The number of rotatable bonds is 4. The molecular formula is C19H22N4O2S2. The highest BCUT2D eigenvalue weighted by Crippen LogP contribution is 2.28. The van der Waals surface area contributed by atoms with Gasteiger partial charge in [-0.15, -0.1) is 0 Å². The van der Waals surface area contributed by atoms with Gasteiger partial charge in [0.25, 0.3) is 0 Å². The van der Waals surface area contributed by atoms with Crippen molar-refractivity contribution in [3.05, 3.63) is 48.2 Å². The van der Waals surface area contributed by atoms with Crippen LogP contribution in [0.3, 0.4) is 0 Å². The molecule has 4 rings (SSSR count). The molecule has 1 saturated heterocycles. The topological polar surface area (TPSA) is 66.4 Å². The van der Waals surface area contributed by atoms with Gasteiger partial charge in [0.15, 0.2) is 5.13 Å². The van der Waals surface area contributed by atoms with Crippen LogP contribution in [-0.4, -0.2) is 48.9 Å². The van der Waals surface area contributed by atoms with E-state index in [0.29, 0.717) is 24.5 Å². The van der Waals surface area contributed by atoms with Gasteiger partial charge in [0.1, 0.15) is 10.3 Å². The summed E-state index contributed by atoms with van der Waals surface area (Å²) < 4.78 is 27.6. The van der Waals surface area contributed by atoms with E-state index >= 15 is 0 Å². The molecule has 0 radical (unpaired) electrons. The summed E-state index contributed by atoms with van der Waals surface area (Å²) >= 11 is 1.56. The molecule has 0 N–H and O–H groups in total. The second-order valence-electron chi connectivity index (χ2n) is 6.57. The molecule has 8 heteroatoms. The molecule has 3 heterocycles. The van der Waals surface area contributed by atoms with Crippen molar-refractivity contribution in [2.24, 2.45) is 0 Å². The van der Waals surface area contributed by atoms with Gasteiger partial charge >= 0.3 is 0 Å². The van der Waals surface area contributed by atoms with E-state index in [0.717, 1.165) is 40.4 Å². The molecule has 3 aromatic rings. The van der Waals surface area contributed by atoms with Crippen molar-refractivity contribution in [3.63, 3.8) is 0 Å². The Kier molecular flexibility index (Phi) is 5.12. The fourth-order valence-electron chi connectivity index (χ4n) is 3.27. The molecule has 0 unspecified atom stereocenters. The zero-order valence-electron chi connectivity index (χ0n) is 15.2. The molecule has 1 aliphatic rings. The Balaban J connectivity index is 1.51. The molecule has 0 amide bonds. The molecule has 27 heavy (non-hydrogen) atoms. The first kappa shape index (κ1) is 18.3. The summed E-state index contributed by atoms with van der Waals surface area (Å²) in [5.41, 5.74) is 2.03. The van der Waals surface area contributed by atoms with Crippen LogP contribution in [0.2, 0.25) is 0 Å². The fourth-order valence-corrected chi connectivity index (χ4v) is 5.70. The lowest BCUT2D eigenvalue weighted by molar-refractivity contribution is 0.433. The van der Waals surface area contributed by atoms with Gasteiger partial charge in [-0.1, -0.05) is 30.4 Å². The van der Waals surface area contributed by atoms with Crippen molar-refractivity contribution in [2.45, 2.75) is 24.7 Å². The summed E-state index contributed by atoms with van der Waals surface area (Å²) in [6, 6.07) is 11.1. The quantitative estimate of drug-likeness (QED) is 0.671. The molecule has 0 bridgehead atoms. The van der Waals surface area contributed by atoms with Crippen LogP contribution in [0, 0.1) is 0 Å². The minimum absolute atomic E-state index is 0.373. The van der Waals surface area contributed by atoms with Crippen LogP contribution in [0.5, 0.6) is 0 Å². The third-order valence-corrected chi connectivity index (χ3v) is 7.80. The Labute approximate surface area is 163 Å². The van der Waals surface area contributed by atoms with Crippen molar-refractivity contribution >= 4 is 36.8 Å². The molecule has 0 saturated carbocycles. The number of thiazole rings is 1. The minimum Gasteiger partial charge on any atom is -0.347 e. The number of sulfonamides is 1. The van der Waals surface area contributed by atoms with Gasteiger partial charge < -0.3 is 4.90 Å². The van der Waals surface area contributed by atoms with E-state index < -0.39 is 10.0 Å². The SMILES string of the molecule is CCc1ccc(S(=O)(=O)N2CCCN(c3nc4cccnc4s3)CC2)cc1. The standard InChI is InChI=1S/C19H22N4O2S2/c1-2-15-6-8-16(9-7-15)27(24,25)23-12-4-11-22(13-14-23)19-21-17-5-3-10-20-18(17)26-19/h3,5-10H,2,4,11-14H2,1H3. The Morgan fingerprint density at radius 3 is 2.63 bits per heavy atom. The first-order valence-corrected chi connectivity index (χ1v) is 11.4. The van der Waals surface area contributed by atoms with Crippen LogP contribution in [0.15, 0.2) is 47.5 Å². The molecular weight excluding hydrogens is 380 g/mol.